The van der Waals surface area contributed by atoms with Crippen LogP contribution in [0.3, 0.4) is 0 Å². The molecule has 0 amide bonds. The molecule has 9 heteroatoms. The molecule has 0 unspecified atom stereocenters. The van der Waals surface area contributed by atoms with Gasteiger partial charge in [-0.25, -0.2) is 9.97 Å². The van der Waals surface area contributed by atoms with Crippen molar-refractivity contribution in [2.75, 3.05) is 39.9 Å². The Morgan fingerprint density at radius 2 is 1.77 bits per heavy atom. The summed E-state index contributed by atoms with van der Waals surface area (Å²) in [4.78, 5) is 9.85. The fourth-order valence-electron chi connectivity index (χ4n) is 2.62. The molecule has 0 aliphatic rings. The number of ether oxygens (including phenoxy) is 4. The zero-order chi connectivity index (χ0) is 21.3. The maximum Gasteiger partial charge on any atom is 0.228 e. The molecule has 2 N–H and O–H groups in total. The second-order valence-electron chi connectivity index (χ2n) is 5.91. The Bertz CT molecular complexity index is 961. The molecule has 0 aliphatic carbocycles. The van der Waals surface area contributed by atoms with Crippen LogP contribution in [-0.4, -0.2) is 49.6 Å². The third kappa shape index (κ3) is 5.46. The Labute approximate surface area is 179 Å². The smallest absolute Gasteiger partial charge is 0.228 e. The summed E-state index contributed by atoms with van der Waals surface area (Å²) in [6.07, 6.45) is 1.69. The molecule has 8 nitrogen and oxygen atoms in total. The summed E-state index contributed by atoms with van der Waals surface area (Å²) in [5.74, 6) is 2.56. The molecule has 1 aromatic heterocycles. The van der Waals surface area contributed by atoms with Gasteiger partial charge in [-0.2, -0.15) is 0 Å². The van der Waals surface area contributed by atoms with Gasteiger partial charge < -0.3 is 29.4 Å². The zero-order valence-corrected chi connectivity index (χ0v) is 17.7. The summed E-state index contributed by atoms with van der Waals surface area (Å²) in [5.41, 5.74) is 0.670. The topological polar surface area (TPSA) is 95.0 Å². The molecule has 0 fully saturated rings. The van der Waals surface area contributed by atoms with Gasteiger partial charge in [0.05, 0.1) is 27.9 Å². The van der Waals surface area contributed by atoms with Crippen LogP contribution in [0.1, 0.15) is 0 Å². The Morgan fingerprint density at radius 1 is 1.00 bits per heavy atom. The van der Waals surface area contributed by atoms with Crippen LogP contribution in [0.15, 0.2) is 58.6 Å². The lowest BCUT2D eigenvalue weighted by molar-refractivity contribution is 0.191. The number of nitrogens with zero attached hydrogens (tertiary/aromatic N) is 2. The van der Waals surface area contributed by atoms with Crippen molar-refractivity contribution >= 4 is 23.4 Å². The van der Waals surface area contributed by atoms with E-state index in [0.29, 0.717) is 28.9 Å². The van der Waals surface area contributed by atoms with Gasteiger partial charge in [0.1, 0.15) is 17.4 Å². The van der Waals surface area contributed by atoms with E-state index in [2.05, 4.69) is 15.3 Å². The van der Waals surface area contributed by atoms with Crippen LogP contribution in [0.25, 0.3) is 0 Å². The zero-order valence-electron chi connectivity index (χ0n) is 16.9. The van der Waals surface area contributed by atoms with Gasteiger partial charge in [-0.15, -0.1) is 0 Å². The Kier molecular flexibility index (Phi) is 7.58. The summed E-state index contributed by atoms with van der Waals surface area (Å²) in [6, 6.07) is 13.1. The summed E-state index contributed by atoms with van der Waals surface area (Å²) < 4.78 is 21.6. The van der Waals surface area contributed by atoms with Gasteiger partial charge >= 0.3 is 0 Å². The molecule has 0 aliphatic heterocycles. The van der Waals surface area contributed by atoms with Crippen molar-refractivity contribution in [1.29, 1.82) is 0 Å². The predicted octanol–water partition coefficient (Wildman–Crippen LogP) is 3.77. The molecule has 1 heterocycles. The van der Waals surface area contributed by atoms with Gasteiger partial charge in [0.15, 0.2) is 11.5 Å². The van der Waals surface area contributed by atoms with Crippen molar-refractivity contribution in [3.8, 4) is 23.0 Å². The molecule has 0 radical (unpaired) electrons. The first kappa shape index (κ1) is 21.5. The SMILES string of the molecule is COc1cccc(Sc2ccnc(Nc3cc(OC)c(OCCO)c(OC)c3)n2)c1. The van der Waals surface area contributed by atoms with E-state index in [0.717, 1.165) is 15.7 Å². The largest absolute Gasteiger partial charge is 0.497 e. The fourth-order valence-corrected chi connectivity index (χ4v) is 3.44. The molecule has 3 rings (SSSR count). The van der Waals surface area contributed by atoms with Crippen molar-refractivity contribution in [1.82, 2.24) is 9.97 Å². The molecule has 0 saturated heterocycles. The van der Waals surface area contributed by atoms with Gasteiger partial charge in [0.25, 0.3) is 0 Å². The molecule has 2 aromatic carbocycles. The number of hydrogen-bond donors (Lipinski definition) is 2. The summed E-state index contributed by atoms with van der Waals surface area (Å²) >= 11 is 1.50. The van der Waals surface area contributed by atoms with Crippen molar-refractivity contribution in [2.45, 2.75) is 9.92 Å². The van der Waals surface area contributed by atoms with Crippen LogP contribution in [0, 0.1) is 0 Å². The molecule has 158 valence electrons. The highest BCUT2D eigenvalue weighted by Crippen LogP contribution is 2.41. The third-order valence-corrected chi connectivity index (χ3v) is 4.87. The number of aromatic nitrogens is 2. The third-order valence-electron chi connectivity index (χ3n) is 3.95. The van der Waals surface area contributed by atoms with Crippen LogP contribution in [0.4, 0.5) is 11.6 Å². The minimum atomic E-state index is -0.113. The summed E-state index contributed by atoms with van der Waals surface area (Å²) in [5, 5.41) is 13.0. The lowest BCUT2D eigenvalue weighted by Gasteiger charge is -2.16. The number of rotatable bonds is 10. The van der Waals surface area contributed by atoms with Gasteiger partial charge in [-0.1, -0.05) is 17.8 Å². The van der Waals surface area contributed by atoms with E-state index < -0.39 is 0 Å². The van der Waals surface area contributed by atoms with E-state index in [-0.39, 0.29) is 13.2 Å². The maximum absolute atomic E-state index is 9.02. The van der Waals surface area contributed by atoms with Crippen LogP contribution >= 0.6 is 11.8 Å². The van der Waals surface area contributed by atoms with Gasteiger partial charge in [-0.3, -0.25) is 0 Å². The van der Waals surface area contributed by atoms with Gasteiger partial charge in [-0.05, 0) is 24.3 Å². The number of aliphatic hydroxyl groups excluding tert-OH is 1. The van der Waals surface area contributed by atoms with Crippen molar-refractivity contribution in [3.05, 3.63) is 48.7 Å². The molecule has 0 atom stereocenters. The van der Waals surface area contributed by atoms with Crippen LogP contribution in [0.5, 0.6) is 23.0 Å². The monoisotopic (exact) mass is 429 g/mol. The number of aliphatic hydroxyl groups is 1. The molecule has 0 bridgehead atoms. The lowest BCUT2D eigenvalue weighted by atomic mass is 10.2. The summed E-state index contributed by atoms with van der Waals surface area (Å²) in [6.45, 7) is 0.0179. The van der Waals surface area contributed by atoms with E-state index in [1.807, 2.05) is 30.3 Å². The summed E-state index contributed by atoms with van der Waals surface area (Å²) in [7, 11) is 4.71. The minimum Gasteiger partial charge on any atom is -0.497 e. The van der Waals surface area contributed by atoms with Crippen LogP contribution in [0.2, 0.25) is 0 Å². The first-order valence-corrected chi connectivity index (χ1v) is 9.90. The van der Waals surface area contributed by atoms with Gasteiger partial charge in [0, 0.05) is 28.9 Å². The molecular weight excluding hydrogens is 406 g/mol. The number of hydrogen-bond acceptors (Lipinski definition) is 9. The predicted molar refractivity (Wildman–Crippen MR) is 115 cm³/mol. The number of benzene rings is 2. The van der Waals surface area contributed by atoms with E-state index in [9.17, 15) is 0 Å². The van der Waals surface area contributed by atoms with E-state index >= 15 is 0 Å². The fraction of sp³-hybridized carbons (Fsp3) is 0.238. The number of anilines is 2. The Morgan fingerprint density at radius 3 is 2.43 bits per heavy atom. The maximum atomic E-state index is 9.02. The van der Waals surface area contributed by atoms with E-state index in [1.54, 1.807) is 25.4 Å². The van der Waals surface area contributed by atoms with Crippen LogP contribution in [-0.2, 0) is 0 Å². The molecule has 0 spiro atoms. The Hall–Kier alpha value is -3.17. The average molecular weight is 429 g/mol. The average Bonchev–Trinajstić information content (AvgIpc) is 2.78. The highest BCUT2D eigenvalue weighted by molar-refractivity contribution is 7.99. The lowest BCUT2D eigenvalue weighted by Crippen LogP contribution is -2.05. The highest BCUT2D eigenvalue weighted by atomic mass is 32.2. The van der Waals surface area contributed by atoms with Crippen molar-refractivity contribution in [2.24, 2.45) is 0 Å². The first-order chi connectivity index (χ1) is 14.7. The Balaban J connectivity index is 1.81. The molecular formula is C21H23N3O5S. The quantitative estimate of drug-likeness (QED) is 0.467. The van der Waals surface area contributed by atoms with Crippen molar-refractivity contribution in [3.63, 3.8) is 0 Å². The first-order valence-electron chi connectivity index (χ1n) is 9.08. The van der Waals surface area contributed by atoms with Gasteiger partial charge in [0.2, 0.25) is 11.7 Å². The minimum absolute atomic E-state index is 0.113. The standard InChI is InChI=1S/C21H23N3O5S/c1-26-15-5-4-6-16(13-15)30-19-7-8-22-21(24-19)23-14-11-17(27-2)20(29-10-9-25)18(12-14)28-3/h4-8,11-13,25H,9-10H2,1-3H3,(H,22,23,24). The second kappa shape index (κ2) is 10.6. The molecule has 3 aromatic rings. The number of nitrogens with one attached hydrogen (secondary N) is 1. The van der Waals surface area contributed by atoms with E-state index in [1.165, 1.54) is 26.0 Å². The number of methoxy groups -OCH3 is 3. The highest BCUT2D eigenvalue weighted by Gasteiger charge is 2.15. The molecule has 0 saturated carbocycles. The second-order valence-corrected chi connectivity index (χ2v) is 7.00. The normalized spacial score (nSPS) is 10.4. The molecule has 30 heavy (non-hydrogen) atoms. The van der Waals surface area contributed by atoms with E-state index in [4.69, 9.17) is 24.1 Å². The van der Waals surface area contributed by atoms with Crippen LogP contribution < -0.4 is 24.3 Å². The van der Waals surface area contributed by atoms with Crippen molar-refractivity contribution < 1.29 is 24.1 Å².